The molecular weight excluding hydrogens is 280 g/mol. The van der Waals surface area contributed by atoms with Gasteiger partial charge in [-0.1, -0.05) is 6.07 Å². The second-order valence-electron chi connectivity index (χ2n) is 5.78. The van der Waals surface area contributed by atoms with Crippen molar-refractivity contribution in [2.45, 2.75) is 25.4 Å². The van der Waals surface area contributed by atoms with E-state index in [4.69, 9.17) is 4.74 Å². The number of amides is 1. The van der Waals surface area contributed by atoms with E-state index in [9.17, 15) is 4.79 Å². The molecule has 0 spiro atoms. The summed E-state index contributed by atoms with van der Waals surface area (Å²) in [6, 6.07) is 3.87. The van der Waals surface area contributed by atoms with E-state index in [1.165, 1.54) is 0 Å². The highest BCUT2D eigenvalue weighted by atomic mass is 16.5. The molecule has 2 aromatic rings. The molecule has 0 aromatic carbocycles. The lowest BCUT2D eigenvalue weighted by Crippen LogP contribution is -2.42. The number of ether oxygens (including phenoxy) is 1. The standard InChI is InChI=1S/C16H18N4O2/c21-16(15-12-4-1-5-13(12)18-19-15)20-7-8-22-14(10-20)11-3-2-6-17-9-11/h2-3,6,9,14H,1,4-5,7-8,10H2,(H,18,19)/t14-/m1/s1. The Morgan fingerprint density at radius 1 is 1.41 bits per heavy atom. The van der Waals surface area contributed by atoms with Crippen molar-refractivity contribution in [2.24, 2.45) is 0 Å². The second kappa shape index (κ2) is 5.53. The summed E-state index contributed by atoms with van der Waals surface area (Å²) in [6.45, 7) is 1.70. The van der Waals surface area contributed by atoms with Crippen LogP contribution in [0.25, 0.3) is 0 Å². The van der Waals surface area contributed by atoms with E-state index in [0.717, 1.165) is 36.1 Å². The van der Waals surface area contributed by atoms with Crippen LogP contribution in [0.1, 0.15) is 39.8 Å². The van der Waals surface area contributed by atoms with Crippen LogP contribution in [0.15, 0.2) is 24.5 Å². The van der Waals surface area contributed by atoms with Gasteiger partial charge < -0.3 is 9.64 Å². The molecule has 1 amide bonds. The number of nitrogens with one attached hydrogen (secondary N) is 1. The van der Waals surface area contributed by atoms with Gasteiger partial charge in [-0.15, -0.1) is 0 Å². The van der Waals surface area contributed by atoms with Crippen LogP contribution in [0.3, 0.4) is 0 Å². The van der Waals surface area contributed by atoms with Gasteiger partial charge in [0, 0.05) is 35.8 Å². The molecule has 1 aliphatic carbocycles. The summed E-state index contributed by atoms with van der Waals surface area (Å²) in [4.78, 5) is 18.7. The van der Waals surface area contributed by atoms with Gasteiger partial charge in [-0.3, -0.25) is 14.9 Å². The van der Waals surface area contributed by atoms with Crippen molar-refractivity contribution in [2.75, 3.05) is 19.7 Å². The predicted molar refractivity (Wildman–Crippen MR) is 79.4 cm³/mol. The number of pyridine rings is 1. The summed E-state index contributed by atoms with van der Waals surface area (Å²) < 4.78 is 5.79. The summed E-state index contributed by atoms with van der Waals surface area (Å²) >= 11 is 0. The van der Waals surface area contributed by atoms with Crippen molar-refractivity contribution < 1.29 is 9.53 Å². The highest BCUT2D eigenvalue weighted by Crippen LogP contribution is 2.26. The number of hydrogen-bond donors (Lipinski definition) is 1. The molecule has 4 rings (SSSR count). The Morgan fingerprint density at radius 2 is 2.36 bits per heavy atom. The number of rotatable bonds is 2. The Hall–Kier alpha value is -2.21. The summed E-state index contributed by atoms with van der Waals surface area (Å²) in [6.07, 6.45) is 6.47. The number of nitrogens with zero attached hydrogens (tertiary/aromatic N) is 3. The SMILES string of the molecule is O=C(c1n[nH]c2c1CCC2)N1CCO[C@@H](c2cccnc2)C1. The average Bonchev–Trinajstić information content (AvgIpc) is 3.18. The third-order valence-electron chi connectivity index (χ3n) is 4.42. The lowest BCUT2D eigenvalue weighted by molar-refractivity contribution is -0.0231. The molecule has 0 radical (unpaired) electrons. The number of fused-ring (bicyclic) bond motifs is 1. The van der Waals surface area contributed by atoms with E-state index in [1.54, 1.807) is 12.4 Å². The second-order valence-corrected chi connectivity index (χ2v) is 5.78. The number of H-pyrrole nitrogens is 1. The van der Waals surface area contributed by atoms with Crippen molar-refractivity contribution in [3.05, 3.63) is 47.0 Å². The number of carbonyl (C=O) groups is 1. The third-order valence-corrected chi connectivity index (χ3v) is 4.42. The summed E-state index contributed by atoms with van der Waals surface area (Å²) in [5, 5.41) is 7.25. The van der Waals surface area contributed by atoms with Crippen molar-refractivity contribution in [1.82, 2.24) is 20.1 Å². The fourth-order valence-electron chi connectivity index (χ4n) is 3.25. The van der Waals surface area contributed by atoms with E-state index in [0.29, 0.717) is 25.4 Å². The molecule has 0 bridgehead atoms. The van der Waals surface area contributed by atoms with Gasteiger partial charge in [0.25, 0.3) is 5.91 Å². The monoisotopic (exact) mass is 298 g/mol. The van der Waals surface area contributed by atoms with Crippen LogP contribution in [-0.4, -0.2) is 45.7 Å². The Labute approximate surface area is 128 Å². The summed E-state index contributed by atoms with van der Waals surface area (Å²) in [5.74, 6) is 0.0107. The van der Waals surface area contributed by atoms with Crippen LogP contribution in [0.5, 0.6) is 0 Å². The zero-order valence-electron chi connectivity index (χ0n) is 12.3. The maximum absolute atomic E-state index is 12.8. The molecule has 22 heavy (non-hydrogen) atoms. The quantitative estimate of drug-likeness (QED) is 0.912. The molecule has 1 fully saturated rings. The van der Waals surface area contributed by atoms with E-state index in [1.807, 2.05) is 17.0 Å². The minimum Gasteiger partial charge on any atom is -0.370 e. The minimum absolute atomic E-state index is 0.0107. The number of aryl methyl sites for hydroxylation is 1. The van der Waals surface area contributed by atoms with E-state index in [2.05, 4.69) is 15.2 Å². The first-order valence-corrected chi connectivity index (χ1v) is 7.70. The number of hydrogen-bond acceptors (Lipinski definition) is 4. The molecule has 6 nitrogen and oxygen atoms in total. The largest absolute Gasteiger partial charge is 0.370 e. The van der Waals surface area contributed by atoms with E-state index < -0.39 is 0 Å². The zero-order chi connectivity index (χ0) is 14.9. The number of aromatic amines is 1. The molecular formula is C16H18N4O2. The van der Waals surface area contributed by atoms with Crippen LogP contribution in [0.2, 0.25) is 0 Å². The van der Waals surface area contributed by atoms with Crippen LogP contribution in [0, 0.1) is 0 Å². The molecule has 2 aliphatic rings. The molecule has 114 valence electrons. The maximum atomic E-state index is 12.8. The van der Waals surface area contributed by atoms with Gasteiger partial charge in [0.2, 0.25) is 0 Å². The van der Waals surface area contributed by atoms with Gasteiger partial charge in [0.15, 0.2) is 5.69 Å². The third kappa shape index (κ3) is 2.29. The molecule has 1 saturated heterocycles. The predicted octanol–water partition coefficient (Wildman–Crippen LogP) is 1.51. The molecule has 2 aromatic heterocycles. The molecule has 1 N–H and O–H groups in total. The smallest absolute Gasteiger partial charge is 0.274 e. The molecule has 1 atom stereocenters. The van der Waals surface area contributed by atoms with E-state index >= 15 is 0 Å². The van der Waals surface area contributed by atoms with Crippen LogP contribution < -0.4 is 0 Å². The van der Waals surface area contributed by atoms with Gasteiger partial charge in [-0.05, 0) is 25.3 Å². The van der Waals surface area contributed by atoms with Gasteiger partial charge in [0.1, 0.15) is 6.10 Å². The van der Waals surface area contributed by atoms with Crippen molar-refractivity contribution in [1.29, 1.82) is 0 Å². The molecule has 0 unspecified atom stereocenters. The Balaban J connectivity index is 1.53. The minimum atomic E-state index is -0.113. The van der Waals surface area contributed by atoms with Crippen molar-refractivity contribution >= 4 is 5.91 Å². The fraction of sp³-hybridized carbons (Fsp3) is 0.438. The lowest BCUT2D eigenvalue weighted by Gasteiger charge is -2.32. The fourth-order valence-corrected chi connectivity index (χ4v) is 3.25. The molecule has 3 heterocycles. The van der Waals surface area contributed by atoms with Crippen LogP contribution in [-0.2, 0) is 17.6 Å². The van der Waals surface area contributed by atoms with Gasteiger partial charge in [-0.2, -0.15) is 5.10 Å². The summed E-state index contributed by atoms with van der Waals surface area (Å²) in [5.41, 5.74) is 3.83. The maximum Gasteiger partial charge on any atom is 0.274 e. The zero-order valence-corrected chi connectivity index (χ0v) is 12.3. The van der Waals surface area contributed by atoms with E-state index in [-0.39, 0.29) is 12.0 Å². The Kier molecular flexibility index (Phi) is 3.38. The molecule has 0 saturated carbocycles. The highest BCUT2D eigenvalue weighted by Gasteiger charge is 2.30. The topological polar surface area (TPSA) is 71.1 Å². The molecule has 6 heteroatoms. The van der Waals surface area contributed by atoms with Crippen LogP contribution >= 0.6 is 0 Å². The summed E-state index contributed by atoms with van der Waals surface area (Å²) in [7, 11) is 0. The van der Waals surface area contributed by atoms with Gasteiger partial charge >= 0.3 is 0 Å². The molecule has 1 aliphatic heterocycles. The number of carbonyl (C=O) groups excluding carboxylic acids is 1. The average molecular weight is 298 g/mol. The Morgan fingerprint density at radius 3 is 3.23 bits per heavy atom. The van der Waals surface area contributed by atoms with Crippen molar-refractivity contribution in [3.8, 4) is 0 Å². The lowest BCUT2D eigenvalue weighted by atomic mass is 10.1. The van der Waals surface area contributed by atoms with Crippen molar-refractivity contribution in [3.63, 3.8) is 0 Å². The first kappa shape index (κ1) is 13.5. The highest BCUT2D eigenvalue weighted by molar-refractivity contribution is 5.94. The number of morpholine rings is 1. The van der Waals surface area contributed by atoms with Gasteiger partial charge in [0.05, 0.1) is 13.2 Å². The number of aromatic nitrogens is 3. The first-order chi connectivity index (χ1) is 10.8. The van der Waals surface area contributed by atoms with Crippen LogP contribution in [0.4, 0.5) is 0 Å². The first-order valence-electron chi connectivity index (χ1n) is 7.70. The Bertz CT molecular complexity index is 683. The normalized spacial score (nSPS) is 20.9. The van der Waals surface area contributed by atoms with Gasteiger partial charge in [-0.25, -0.2) is 0 Å².